The molecule has 0 aromatic carbocycles. The molecular weight excluding hydrogens is 758 g/mol. The molecule has 0 aliphatic heterocycles. The van der Waals surface area contributed by atoms with Crippen molar-refractivity contribution in [2.75, 3.05) is 20.0 Å². The fraction of sp³-hybridized carbons (Fsp3) is 0.722. The quantitative estimate of drug-likeness (QED) is 0.107. The van der Waals surface area contributed by atoms with Gasteiger partial charge in [0.2, 0.25) is 17.7 Å². The molecule has 5 heterocycles. The van der Waals surface area contributed by atoms with Gasteiger partial charge in [-0.1, -0.05) is 76.2 Å². The van der Waals surface area contributed by atoms with Gasteiger partial charge in [-0.25, -0.2) is 40.7 Å². The van der Waals surface area contributed by atoms with Crippen molar-refractivity contribution >= 4 is 0 Å². The molecule has 0 spiro atoms. The standard InChI is InChI=1S/C11H15N5O.C9H12F3N3.C8H13F2N3.C8H14FN3/c1-7(2)9-6-16(15-13-9)11(4-5-11)10-14-12-8(3)17-10;1-5(2)6-7(10)15(14-13-6)9(3-4-9)8(11)12;1-6(2)8-5-13(12-11-8)7(3-9)4-10;1-6(2)8-5-12(11-10-8)7(3)4-9/h6-7H,4-5H2,1-3H3;5,8H,3-4H2,1-2H3;5-7H,3-4H2,1-2H3;5-7H,4H2,1-3H3/t;;;7-/m...1/s1. The molecule has 57 heavy (non-hydrogen) atoms. The molecule has 7 rings (SSSR count). The number of nitrogens with zero attached hydrogens (tertiary/aromatic N) is 14. The van der Waals surface area contributed by atoms with Gasteiger partial charge in [-0.2, -0.15) is 4.39 Å². The number of aryl methyl sites for hydroxylation is 1. The summed E-state index contributed by atoms with van der Waals surface area (Å²) in [5.74, 6) is 1.34. The van der Waals surface area contributed by atoms with Gasteiger partial charge in [0, 0.05) is 31.4 Å². The fourth-order valence-electron chi connectivity index (χ4n) is 5.22. The Labute approximate surface area is 328 Å². The number of halogens is 6. The van der Waals surface area contributed by atoms with E-state index in [-0.39, 0.29) is 42.0 Å². The molecule has 21 heteroatoms. The first kappa shape index (κ1) is 45.0. The zero-order valence-corrected chi connectivity index (χ0v) is 34.2. The highest BCUT2D eigenvalue weighted by Crippen LogP contribution is 2.49. The summed E-state index contributed by atoms with van der Waals surface area (Å²) in [5, 5.41) is 38.7. The molecule has 0 unspecified atom stereocenters. The molecule has 1 atom stereocenters. The van der Waals surface area contributed by atoms with E-state index in [0.29, 0.717) is 23.6 Å². The van der Waals surface area contributed by atoms with Crippen LogP contribution in [0, 0.1) is 12.9 Å². The molecule has 2 aliphatic rings. The number of alkyl halides is 5. The van der Waals surface area contributed by atoms with Crippen molar-refractivity contribution in [3.8, 4) is 0 Å². The van der Waals surface area contributed by atoms with Crippen molar-refractivity contribution in [1.29, 1.82) is 0 Å². The van der Waals surface area contributed by atoms with Crippen LogP contribution in [0.3, 0.4) is 0 Å². The molecule has 0 bridgehead atoms. The molecule has 0 saturated heterocycles. The van der Waals surface area contributed by atoms with E-state index in [9.17, 15) is 26.3 Å². The molecule has 2 fully saturated rings. The molecule has 0 N–H and O–H groups in total. The van der Waals surface area contributed by atoms with Crippen LogP contribution in [-0.4, -0.2) is 96.6 Å². The molecule has 2 saturated carbocycles. The van der Waals surface area contributed by atoms with E-state index >= 15 is 0 Å². The minimum Gasteiger partial charge on any atom is -0.423 e. The number of rotatable bonds is 13. The second-order valence-corrected chi connectivity index (χ2v) is 15.7. The van der Waals surface area contributed by atoms with Crippen LogP contribution in [-0.2, 0) is 11.1 Å². The first-order chi connectivity index (χ1) is 26.9. The normalized spacial score (nSPS) is 15.8. The topological polar surface area (TPSA) is 162 Å². The van der Waals surface area contributed by atoms with Crippen molar-refractivity contribution in [2.45, 2.75) is 148 Å². The molecule has 316 valence electrons. The lowest BCUT2D eigenvalue weighted by Gasteiger charge is -2.14. The van der Waals surface area contributed by atoms with E-state index in [1.165, 1.54) is 4.68 Å². The summed E-state index contributed by atoms with van der Waals surface area (Å²) < 4.78 is 86.7. The summed E-state index contributed by atoms with van der Waals surface area (Å²) in [7, 11) is 0. The van der Waals surface area contributed by atoms with Crippen LogP contribution in [0.15, 0.2) is 23.0 Å². The molecule has 2 aliphatic carbocycles. The molecular formula is C36H54F6N14O. The molecule has 0 amide bonds. The first-order valence-electron chi connectivity index (χ1n) is 19.1. The van der Waals surface area contributed by atoms with Crippen molar-refractivity contribution < 1.29 is 30.8 Å². The highest BCUT2D eigenvalue weighted by Gasteiger charge is 2.56. The zero-order valence-electron chi connectivity index (χ0n) is 34.2. The largest absolute Gasteiger partial charge is 0.423 e. The van der Waals surface area contributed by atoms with Gasteiger partial charge in [0.15, 0.2) is 0 Å². The van der Waals surface area contributed by atoms with Gasteiger partial charge in [0.05, 0.1) is 23.1 Å². The van der Waals surface area contributed by atoms with Gasteiger partial charge in [0.25, 0.3) is 6.43 Å². The Morgan fingerprint density at radius 2 is 1.16 bits per heavy atom. The van der Waals surface area contributed by atoms with E-state index < -0.39 is 44.0 Å². The predicted octanol–water partition coefficient (Wildman–Crippen LogP) is 7.74. The van der Waals surface area contributed by atoms with Gasteiger partial charge >= 0.3 is 0 Å². The minimum absolute atomic E-state index is 0.146. The third-order valence-corrected chi connectivity index (χ3v) is 9.61. The highest BCUT2D eigenvalue weighted by atomic mass is 19.3. The van der Waals surface area contributed by atoms with E-state index in [2.05, 4.69) is 65.3 Å². The summed E-state index contributed by atoms with van der Waals surface area (Å²) >= 11 is 0. The molecule has 5 aromatic rings. The van der Waals surface area contributed by atoms with E-state index in [0.717, 1.165) is 34.6 Å². The fourth-order valence-corrected chi connectivity index (χ4v) is 5.22. The van der Waals surface area contributed by atoms with Crippen LogP contribution < -0.4 is 0 Å². The third kappa shape index (κ3) is 10.6. The van der Waals surface area contributed by atoms with Crippen LogP contribution in [0.2, 0.25) is 0 Å². The lowest BCUT2D eigenvalue weighted by Crippen LogP contribution is -2.28. The Morgan fingerprint density at radius 3 is 1.54 bits per heavy atom. The highest BCUT2D eigenvalue weighted by molar-refractivity contribution is 5.17. The lowest BCUT2D eigenvalue weighted by molar-refractivity contribution is 0.0524. The van der Waals surface area contributed by atoms with Gasteiger partial charge < -0.3 is 4.42 Å². The Kier molecular flexibility index (Phi) is 15.1. The summed E-state index contributed by atoms with van der Waals surface area (Å²) in [6, 6.07) is -1.02. The van der Waals surface area contributed by atoms with Gasteiger partial charge in [-0.15, -0.1) is 30.6 Å². The van der Waals surface area contributed by atoms with Gasteiger partial charge in [-0.05, 0) is 50.4 Å². The van der Waals surface area contributed by atoms with E-state index in [1.807, 2.05) is 38.6 Å². The van der Waals surface area contributed by atoms with Crippen LogP contribution in [0.4, 0.5) is 26.3 Å². The van der Waals surface area contributed by atoms with Crippen molar-refractivity contribution in [3.05, 3.63) is 59.1 Å². The van der Waals surface area contributed by atoms with Crippen LogP contribution in [0.1, 0.15) is 158 Å². The van der Waals surface area contributed by atoms with E-state index in [1.54, 1.807) is 44.8 Å². The Bertz CT molecular complexity index is 1950. The zero-order chi connectivity index (χ0) is 42.2. The summed E-state index contributed by atoms with van der Waals surface area (Å²) in [6.45, 7) is 17.3. The Balaban J connectivity index is 0.000000170. The smallest absolute Gasteiger partial charge is 0.263 e. The van der Waals surface area contributed by atoms with E-state index in [4.69, 9.17) is 4.42 Å². The Hall–Kier alpha value is -4.72. The number of hydrogen-bond acceptors (Lipinski definition) is 11. The third-order valence-electron chi connectivity index (χ3n) is 9.61. The number of hydrogen-bond donors (Lipinski definition) is 0. The first-order valence-corrected chi connectivity index (χ1v) is 19.1. The van der Waals surface area contributed by atoms with Crippen LogP contribution >= 0.6 is 0 Å². The second-order valence-electron chi connectivity index (χ2n) is 15.7. The van der Waals surface area contributed by atoms with Crippen LogP contribution in [0.5, 0.6) is 0 Å². The average molecular weight is 813 g/mol. The maximum Gasteiger partial charge on any atom is 0.263 e. The minimum atomic E-state index is -2.59. The van der Waals surface area contributed by atoms with Crippen molar-refractivity contribution in [3.63, 3.8) is 0 Å². The molecule has 5 aromatic heterocycles. The number of aromatic nitrogens is 14. The average Bonchev–Trinajstić information content (AvgIpc) is 3.66. The maximum atomic E-state index is 13.7. The monoisotopic (exact) mass is 812 g/mol. The maximum absolute atomic E-state index is 13.7. The lowest BCUT2D eigenvalue weighted by atomic mass is 10.1. The summed E-state index contributed by atoms with van der Waals surface area (Å²) in [6.07, 6.45) is 5.28. The van der Waals surface area contributed by atoms with Gasteiger partial charge in [-0.3, -0.25) is 0 Å². The van der Waals surface area contributed by atoms with Crippen molar-refractivity contribution in [2.24, 2.45) is 0 Å². The molecule has 15 nitrogen and oxygen atoms in total. The second kappa shape index (κ2) is 19.1. The summed E-state index contributed by atoms with van der Waals surface area (Å²) in [4.78, 5) is 0. The SMILES string of the molecule is CC(C)c1cn(C(CF)CF)nn1.CC(C)c1cn([C@H](C)CF)nn1.CC(C)c1nnn(C2(C(F)F)CC2)c1F.Cc1nnc(C2(n3cc(C(C)C)nn3)CC2)o1. The predicted molar refractivity (Wildman–Crippen MR) is 197 cm³/mol. The molecule has 0 radical (unpaired) electrons. The van der Waals surface area contributed by atoms with Gasteiger partial charge in [0.1, 0.15) is 42.8 Å². The summed E-state index contributed by atoms with van der Waals surface area (Å²) in [5.41, 5.74) is 1.16. The van der Waals surface area contributed by atoms with Crippen LogP contribution in [0.25, 0.3) is 0 Å². The Morgan fingerprint density at radius 1 is 0.632 bits per heavy atom. The van der Waals surface area contributed by atoms with Crippen molar-refractivity contribution in [1.82, 2.24) is 70.2 Å².